The molecule has 0 spiro atoms. The molecule has 0 saturated carbocycles. The number of nitrogens with zero attached hydrogens (tertiary/aromatic N) is 2. The highest BCUT2D eigenvalue weighted by Gasteiger charge is 2.39. The van der Waals surface area contributed by atoms with Gasteiger partial charge in [0.05, 0.1) is 23.4 Å². The van der Waals surface area contributed by atoms with Crippen LogP contribution in [0.25, 0.3) is 0 Å². The predicted octanol–water partition coefficient (Wildman–Crippen LogP) is 5.38. The number of nitrogens with one attached hydrogen (secondary N) is 1. The van der Waals surface area contributed by atoms with Crippen molar-refractivity contribution in [1.29, 1.82) is 0 Å². The van der Waals surface area contributed by atoms with Gasteiger partial charge in [-0.25, -0.2) is 0 Å². The summed E-state index contributed by atoms with van der Waals surface area (Å²) >= 11 is 0. The number of carbonyl (C=O) groups is 3. The van der Waals surface area contributed by atoms with E-state index < -0.39 is 0 Å². The number of hydrogen-bond donors (Lipinski definition) is 1. The fourth-order valence-electron chi connectivity index (χ4n) is 6.47. The summed E-state index contributed by atoms with van der Waals surface area (Å²) < 4.78 is 10.8. The number of hydrogen-bond acceptors (Lipinski definition) is 6. The molecule has 3 aliphatic heterocycles. The molecule has 4 aromatic carbocycles. The van der Waals surface area contributed by atoms with Gasteiger partial charge in [0, 0.05) is 31.5 Å². The molecule has 0 aliphatic carbocycles. The van der Waals surface area contributed by atoms with Gasteiger partial charge in [0.2, 0.25) is 12.7 Å². The van der Waals surface area contributed by atoms with Crippen LogP contribution in [0.15, 0.2) is 97.1 Å². The average Bonchev–Trinajstić information content (AvgIpc) is 3.64. The van der Waals surface area contributed by atoms with Crippen molar-refractivity contribution in [3.8, 4) is 11.5 Å². The molecular formula is C36H33N3O5. The highest BCUT2D eigenvalue weighted by molar-refractivity contribution is 6.23. The first-order valence-electron chi connectivity index (χ1n) is 15.1. The van der Waals surface area contributed by atoms with Crippen LogP contribution >= 0.6 is 0 Å². The first-order valence-corrected chi connectivity index (χ1v) is 15.1. The third-order valence-corrected chi connectivity index (χ3v) is 8.85. The van der Waals surface area contributed by atoms with E-state index in [-0.39, 0.29) is 42.9 Å². The zero-order valence-electron chi connectivity index (χ0n) is 24.3. The van der Waals surface area contributed by atoms with Gasteiger partial charge in [-0.1, -0.05) is 72.8 Å². The highest BCUT2D eigenvalue weighted by Crippen LogP contribution is 2.37. The molecule has 222 valence electrons. The van der Waals surface area contributed by atoms with E-state index in [2.05, 4.69) is 34.5 Å². The van der Waals surface area contributed by atoms with Crippen LogP contribution < -0.4 is 19.7 Å². The Balaban J connectivity index is 1.00. The SMILES string of the molecule is O=C(NCC(c1ccccc1)c1ccccc1)C1CCN(c2cccc3c2C(=O)N(Cc2ccc4c(c2)OCO4)C3=O)CC1. The maximum absolute atomic E-state index is 13.6. The maximum Gasteiger partial charge on any atom is 0.263 e. The molecule has 0 atom stereocenters. The van der Waals surface area contributed by atoms with E-state index in [0.29, 0.717) is 55.1 Å². The Labute approximate surface area is 256 Å². The Hall–Kier alpha value is -5.11. The van der Waals surface area contributed by atoms with E-state index in [1.807, 2.05) is 60.7 Å². The largest absolute Gasteiger partial charge is 0.454 e. The summed E-state index contributed by atoms with van der Waals surface area (Å²) in [5, 5.41) is 3.22. The predicted molar refractivity (Wildman–Crippen MR) is 166 cm³/mol. The average molecular weight is 588 g/mol. The smallest absolute Gasteiger partial charge is 0.263 e. The molecule has 3 aliphatic rings. The molecule has 7 rings (SSSR count). The van der Waals surface area contributed by atoms with Crippen molar-refractivity contribution in [2.75, 3.05) is 31.3 Å². The topological polar surface area (TPSA) is 88.2 Å². The number of rotatable bonds is 8. The third-order valence-electron chi connectivity index (χ3n) is 8.85. The second kappa shape index (κ2) is 11.9. The number of imide groups is 1. The zero-order chi connectivity index (χ0) is 30.0. The molecule has 1 N–H and O–H groups in total. The molecular weight excluding hydrogens is 554 g/mol. The second-order valence-corrected chi connectivity index (χ2v) is 11.5. The minimum atomic E-state index is -0.301. The molecule has 0 aromatic heterocycles. The number of benzene rings is 4. The Kier molecular flexibility index (Phi) is 7.48. The molecule has 3 heterocycles. The van der Waals surface area contributed by atoms with E-state index in [0.717, 1.165) is 11.3 Å². The normalized spacial score (nSPS) is 16.0. The van der Waals surface area contributed by atoms with Gasteiger partial charge >= 0.3 is 0 Å². The fraction of sp³-hybridized carbons (Fsp3) is 0.250. The van der Waals surface area contributed by atoms with Gasteiger partial charge in [0.15, 0.2) is 11.5 Å². The summed E-state index contributed by atoms with van der Waals surface area (Å²) in [6.07, 6.45) is 1.33. The summed E-state index contributed by atoms with van der Waals surface area (Å²) in [6.45, 7) is 2.08. The van der Waals surface area contributed by atoms with E-state index in [9.17, 15) is 14.4 Å². The monoisotopic (exact) mass is 587 g/mol. The lowest BCUT2D eigenvalue weighted by molar-refractivity contribution is -0.125. The Morgan fingerprint density at radius 2 is 1.48 bits per heavy atom. The van der Waals surface area contributed by atoms with Crippen molar-refractivity contribution < 1.29 is 23.9 Å². The highest BCUT2D eigenvalue weighted by atomic mass is 16.7. The standard InChI is InChI=1S/C36H33N3O5/c40-34(37-21-29(25-8-3-1-4-9-25)26-10-5-2-6-11-26)27-16-18-38(19-17-27)30-13-7-12-28-33(30)36(42)39(35(28)41)22-24-14-15-31-32(20-24)44-23-43-31/h1-15,20,27,29H,16-19,21-23H2,(H,37,40). The van der Waals surface area contributed by atoms with Crippen LogP contribution in [0.3, 0.4) is 0 Å². The number of piperidine rings is 1. The zero-order valence-corrected chi connectivity index (χ0v) is 24.3. The molecule has 4 aromatic rings. The van der Waals surface area contributed by atoms with Crippen LogP contribution in [0, 0.1) is 5.92 Å². The van der Waals surface area contributed by atoms with Crippen molar-refractivity contribution in [2.24, 2.45) is 5.92 Å². The van der Waals surface area contributed by atoms with Gasteiger partial charge in [-0.2, -0.15) is 0 Å². The van der Waals surface area contributed by atoms with Crippen molar-refractivity contribution >= 4 is 23.4 Å². The molecule has 1 fully saturated rings. The molecule has 0 radical (unpaired) electrons. The van der Waals surface area contributed by atoms with E-state index >= 15 is 0 Å². The number of ether oxygens (including phenoxy) is 2. The van der Waals surface area contributed by atoms with Crippen LogP contribution in [-0.4, -0.2) is 49.0 Å². The molecule has 3 amide bonds. The Morgan fingerprint density at radius 1 is 0.795 bits per heavy atom. The number of carbonyl (C=O) groups excluding carboxylic acids is 3. The van der Waals surface area contributed by atoms with Crippen LogP contribution in [0.5, 0.6) is 11.5 Å². The molecule has 8 nitrogen and oxygen atoms in total. The summed E-state index contributed by atoms with van der Waals surface area (Å²) in [7, 11) is 0. The Bertz CT molecular complexity index is 1660. The summed E-state index contributed by atoms with van der Waals surface area (Å²) in [5.41, 5.74) is 4.73. The quantitative estimate of drug-likeness (QED) is 0.279. The maximum atomic E-state index is 13.6. The first-order chi connectivity index (χ1) is 21.6. The first kappa shape index (κ1) is 27.7. The summed E-state index contributed by atoms with van der Waals surface area (Å²) in [4.78, 5) is 43.7. The van der Waals surface area contributed by atoms with Crippen molar-refractivity contribution in [2.45, 2.75) is 25.3 Å². The lowest BCUT2D eigenvalue weighted by Crippen LogP contribution is -2.42. The van der Waals surface area contributed by atoms with Crippen molar-refractivity contribution in [3.63, 3.8) is 0 Å². The lowest BCUT2D eigenvalue weighted by atomic mass is 9.90. The van der Waals surface area contributed by atoms with E-state index in [1.165, 1.54) is 16.0 Å². The number of amides is 3. The van der Waals surface area contributed by atoms with Crippen LogP contribution in [-0.2, 0) is 11.3 Å². The summed E-state index contributed by atoms with van der Waals surface area (Å²) in [6, 6.07) is 31.4. The van der Waals surface area contributed by atoms with Crippen molar-refractivity contribution in [3.05, 3.63) is 125 Å². The van der Waals surface area contributed by atoms with E-state index in [4.69, 9.17) is 9.47 Å². The fourth-order valence-corrected chi connectivity index (χ4v) is 6.47. The van der Waals surface area contributed by atoms with Crippen molar-refractivity contribution in [1.82, 2.24) is 10.2 Å². The number of anilines is 1. The molecule has 0 bridgehead atoms. The van der Waals surface area contributed by atoms with Gasteiger partial charge in [0.1, 0.15) is 0 Å². The molecule has 1 saturated heterocycles. The minimum absolute atomic E-state index is 0.0564. The van der Waals surface area contributed by atoms with E-state index in [1.54, 1.807) is 12.1 Å². The van der Waals surface area contributed by atoms with Crippen LogP contribution in [0.1, 0.15) is 56.2 Å². The van der Waals surface area contributed by atoms with Crippen LogP contribution in [0.4, 0.5) is 5.69 Å². The van der Waals surface area contributed by atoms with Crippen LogP contribution in [0.2, 0.25) is 0 Å². The summed E-state index contributed by atoms with van der Waals surface area (Å²) in [5.74, 6) is 0.676. The minimum Gasteiger partial charge on any atom is -0.454 e. The van der Waals surface area contributed by atoms with Gasteiger partial charge in [-0.05, 0) is 53.8 Å². The third kappa shape index (κ3) is 5.28. The van der Waals surface area contributed by atoms with Gasteiger partial charge in [-0.15, -0.1) is 0 Å². The molecule has 0 unspecified atom stereocenters. The van der Waals surface area contributed by atoms with Gasteiger partial charge in [0.25, 0.3) is 11.8 Å². The Morgan fingerprint density at radius 3 is 2.18 bits per heavy atom. The van der Waals surface area contributed by atoms with Gasteiger partial charge < -0.3 is 19.7 Å². The number of fused-ring (bicyclic) bond motifs is 2. The molecule has 8 heteroatoms. The molecule has 44 heavy (non-hydrogen) atoms. The second-order valence-electron chi connectivity index (χ2n) is 11.5. The van der Waals surface area contributed by atoms with Gasteiger partial charge in [-0.3, -0.25) is 19.3 Å². The lowest BCUT2D eigenvalue weighted by Gasteiger charge is -2.34.